The quantitative estimate of drug-likeness (QED) is 0.676. The summed E-state index contributed by atoms with van der Waals surface area (Å²) < 4.78 is 2.32. The third-order valence-corrected chi connectivity index (χ3v) is 6.48. The molecular weight excluding hydrogens is 374 g/mol. The van der Waals surface area contributed by atoms with E-state index in [0.29, 0.717) is 11.8 Å². The van der Waals surface area contributed by atoms with Crippen molar-refractivity contribution >= 4 is 22.9 Å². The first-order valence-electron chi connectivity index (χ1n) is 11.0. The molecule has 0 bridgehead atoms. The summed E-state index contributed by atoms with van der Waals surface area (Å²) >= 11 is 0. The summed E-state index contributed by atoms with van der Waals surface area (Å²) in [6.07, 6.45) is 6.45. The zero-order chi connectivity index (χ0) is 20.7. The van der Waals surface area contributed by atoms with Gasteiger partial charge in [0, 0.05) is 37.4 Å². The first kappa shape index (κ1) is 19.1. The third-order valence-electron chi connectivity index (χ3n) is 6.48. The summed E-state index contributed by atoms with van der Waals surface area (Å²) in [4.78, 5) is 24.3. The van der Waals surface area contributed by atoms with Crippen molar-refractivity contribution in [2.45, 2.75) is 52.0 Å². The second kappa shape index (κ2) is 7.74. The van der Waals surface area contributed by atoms with Gasteiger partial charge in [0.15, 0.2) is 5.65 Å². The number of pyridine rings is 1. The van der Waals surface area contributed by atoms with E-state index in [2.05, 4.69) is 40.8 Å². The lowest BCUT2D eigenvalue weighted by Crippen LogP contribution is -2.43. The summed E-state index contributed by atoms with van der Waals surface area (Å²) in [6.45, 7) is 6.62. The Hall–Kier alpha value is -2.89. The molecule has 1 unspecified atom stereocenters. The minimum Gasteiger partial charge on any atom is -0.324 e. The number of fused-ring (bicyclic) bond motifs is 1. The highest BCUT2D eigenvalue weighted by Crippen LogP contribution is 2.41. The number of anilines is 1. The standard InChI is InChI=1S/C24H29N5O/c1-16-7-10-20(13-17(16)2)26-24(30)28-12-4-5-18(14-28)15-29-22(19-8-9-19)27-21-6-3-11-25-23(21)29/h3,6-7,10-11,13,18-19H,4-5,8-9,12,14-15H2,1-2H3,(H,26,30). The predicted octanol–water partition coefficient (Wildman–Crippen LogP) is 4.87. The van der Waals surface area contributed by atoms with Crippen LogP contribution in [0.4, 0.5) is 10.5 Å². The number of rotatable bonds is 4. The minimum absolute atomic E-state index is 0.000941. The predicted molar refractivity (Wildman–Crippen MR) is 119 cm³/mol. The van der Waals surface area contributed by atoms with Crippen molar-refractivity contribution in [1.82, 2.24) is 19.4 Å². The fourth-order valence-corrected chi connectivity index (χ4v) is 4.49. The van der Waals surface area contributed by atoms with E-state index in [4.69, 9.17) is 4.98 Å². The second-order valence-electron chi connectivity index (χ2n) is 8.88. The number of imidazole rings is 1. The van der Waals surface area contributed by atoms with Gasteiger partial charge in [0.1, 0.15) is 11.3 Å². The van der Waals surface area contributed by atoms with E-state index < -0.39 is 0 Å². The fourth-order valence-electron chi connectivity index (χ4n) is 4.49. The fraction of sp³-hybridized carbons (Fsp3) is 0.458. The molecule has 30 heavy (non-hydrogen) atoms. The van der Waals surface area contributed by atoms with E-state index in [-0.39, 0.29) is 6.03 Å². The zero-order valence-electron chi connectivity index (χ0n) is 17.8. The minimum atomic E-state index is -0.000941. The van der Waals surface area contributed by atoms with Crippen molar-refractivity contribution in [2.24, 2.45) is 5.92 Å². The molecule has 2 fully saturated rings. The molecule has 1 aromatic carbocycles. The van der Waals surface area contributed by atoms with Gasteiger partial charge in [0.05, 0.1) is 0 Å². The number of aromatic nitrogens is 3. The Kier molecular flexibility index (Phi) is 4.93. The molecule has 1 aliphatic heterocycles. The molecule has 2 aliphatic rings. The average molecular weight is 404 g/mol. The number of urea groups is 1. The van der Waals surface area contributed by atoms with Crippen LogP contribution in [0.25, 0.3) is 11.2 Å². The molecule has 6 nitrogen and oxygen atoms in total. The van der Waals surface area contributed by atoms with Crippen LogP contribution in [0.2, 0.25) is 0 Å². The number of nitrogens with one attached hydrogen (secondary N) is 1. The van der Waals surface area contributed by atoms with Gasteiger partial charge in [0.2, 0.25) is 0 Å². The van der Waals surface area contributed by atoms with Crippen molar-refractivity contribution < 1.29 is 4.79 Å². The molecule has 1 atom stereocenters. The first-order chi connectivity index (χ1) is 14.6. The van der Waals surface area contributed by atoms with Crippen LogP contribution in [-0.2, 0) is 6.54 Å². The molecule has 6 heteroatoms. The third kappa shape index (κ3) is 3.78. The summed E-state index contributed by atoms with van der Waals surface area (Å²) in [5.74, 6) is 2.17. The van der Waals surface area contributed by atoms with E-state index in [1.165, 1.54) is 29.8 Å². The molecule has 5 rings (SSSR count). The van der Waals surface area contributed by atoms with Crippen LogP contribution in [0.1, 0.15) is 48.6 Å². The normalized spacial score (nSPS) is 19.3. The lowest BCUT2D eigenvalue weighted by Gasteiger charge is -2.33. The molecule has 2 amide bonds. The Morgan fingerprint density at radius 1 is 1.17 bits per heavy atom. The number of likely N-dealkylation sites (tertiary alicyclic amines) is 1. The monoisotopic (exact) mass is 403 g/mol. The molecule has 1 saturated heterocycles. The van der Waals surface area contributed by atoms with E-state index >= 15 is 0 Å². The highest BCUT2D eigenvalue weighted by Gasteiger charge is 2.32. The second-order valence-corrected chi connectivity index (χ2v) is 8.88. The van der Waals surface area contributed by atoms with Gasteiger partial charge in [-0.05, 0) is 80.8 Å². The van der Waals surface area contributed by atoms with Crippen LogP contribution in [0, 0.1) is 19.8 Å². The molecule has 2 aromatic heterocycles. The van der Waals surface area contributed by atoms with E-state index in [1.807, 2.05) is 29.3 Å². The first-order valence-corrected chi connectivity index (χ1v) is 11.0. The Balaban J connectivity index is 1.30. The molecule has 1 aliphatic carbocycles. The van der Waals surface area contributed by atoms with Crippen LogP contribution in [0.5, 0.6) is 0 Å². The SMILES string of the molecule is Cc1ccc(NC(=O)N2CCCC(Cn3c(C4CC4)nc4cccnc43)C2)cc1C. The highest BCUT2D eigenvalue weighted by atomic mass is 16.2. The molecular formula is C24H29N5O. The van der Waals surface area contributed by atoms with E-state index in [9.17, 15) is 4.79 Å². The molecule has 0 spiro atoms. The summed E-state index contributed by atoms with van der Waals surface area (Å²) in [5, 5.41) is 3.08. The Bertz CT molecular complexity index is 1080. The van der Waals surface area contributed by atoms with Gasteiger partial charge in [-0.1, -0.05) is 6.07 Å². The lowest BCUT2D eigenvalue weighted by molar-refractivity contribution is 0.170. The van der Waals surface area contributed by atoms with Gasteiger partial charge in [-0.15, -0.1) is 0 Å². The zero-order valence-corrected chi connectivity index (χ0v) is 17.8. The van der Waals surface area contributed by atoms with Crippen molar-refractivity contribution in [3.8, 4) is 0 Å². The van der Waals surface area contributed by atoms with Crippen LogP contribution >= 0.6 is 0 Å². The van der Waals surface area contributed by atoms with Crippen LogP contribution in [-0.4, -0.2) is 38.6 Å². The molecule has 3 aromatic rings. The van der Waals surface area contributed by atoms with Crippen LogP contribution in [0.15, 0.2) is 36.5 Å². The maximum Gasteiger partial charge on any atom is 0.321 e. The molecule has 0 radical (unpaired) electrons. The number of carbonyl (C=O) groups is 1. The van der Waals surface area contributed by atoms with Gasteiger partial charge in [-0.3, -0.25) is 0 Å². The van der Waals surface area contributed by atoms with Gasteiger partial charge in [-0.2, -0.15) is 0 Å². The van der Waals surface area contributed by atoms with Crippen molar-refractivity contribution in [2.75, 3.05) is 18.4 Å². The van der Waals surface area contributed by atoms with Gasteiger partial charge in [0.25, 0.3) is 0 Å². The van der Waals surface area contributed by atoms with Crippen LogP contribution < -0.4 is 5.32 Å². The molecule has 1 saturated carbocycles. The number of aryl methyl sites for hydroxylation is 2. The van der Waals surface area contributed by atoms with E-state index in [1.54, 1.807) is 0 Å². The Morgan fingerprint density at radius 3 is 2.83 bits per heavy atom. The molecule has 1 N–H and O–H groups in total. The lowest BCUT2D eigenvalue weighted by atomic mass is 9.98. The number of hydrogen-bond donors (Lipinski definition) is 1. The van der Waals surface area contributed by atoms with Crippen LogP contribution in [0.3, 0.4) is 0 Å². The average Bonchev–Trinajstić information content (AvgIpc) is 3.54. The topological polar surface area (TPSA) is 63.1 Å². The molecule has 156 valence electrons. The number of nitrogens with zero attached hydrogens (tertiary/aromatic N) is 4. The summed E-state index contributed by atoms with van der Waals surface area (Å²) in [6, 6.07) is 10.1. The maximum absolute atomic E-state index is 12.9. The number of benzene rings is 1. The molecule has 3 heterocycles. The number of piperidine rings is 1. The van der Waals surface area contributed by atoms with E-state index in [0.717, 1.165) is 49.3 Å². The summed E-state index contributed by atoms with van der Waals surface area (Å²) in [5.41, 5.74) is 5.26. The van der Waals surface area contributed by atoms with Crippen molar-refractivity contribution in [1.29, 1.82) is 0 Å². The Labute approximate surface area is 177 Å². The van der Waals surface area contributed by atoms with Crippen molar-refractivity contribution in [3.63, 3.8) is 0 Å². The maximum atomic E-state index is 12.9. The van der Waals surface area contributed by atoms with Gasteiger partial charge < -0.3 is 14.8 Å². The number of amides is 2. The number of hydrogen-bond acceptors (Lipinski definition) is 3. The number of carbonyl (C=O) groups excluding carboxylic acids is 1. The van der Waals surface area contributed by atoms with Gasteiger partial charge in [-0.25, -0.2) is 14.8 Å². The Morgan fingerprint density at radius 2 is 2.03 bits per heavy atom. The van der Waals surface area contributed by atoms with Gasteiger partial charge >= 0.3 is 6.03 Å². The highest BCUT2D eigenvalue weighted by molar-refractivity contribution is 5.89. The largest absolute Gasteiger partial charge is 0.324 e. The summed E-state index contributed by atoms with van der Waals surface area (Å²) in [7, 11) is 0. The smallest absolute Gasteiger partial charge is 0.321 e. The van der Waals surface area contributed by atoms with Crippen molar-refractivity contribution in [3.05, 3.63) is 53.5 Å².